The van der Waals surface area contributed by atoms with Crippen molar-refractivity contribution >= 4 is 33.4 Å². The first-order chi connectivity index (χ1) is 6.77. The van der Waals surface area contributed by atoms with Crippen LogP contribution >= 0.6 is 11.3 Å². The van der Waals surface area contributed by atoms with E-state index in [0.717, 1.165) is 39.6 Å². The second-order valence-electron chi connectivity index (χ2n) is 3.17. The molecule has 2 rings (SSSR count). The number of benzene rings is 1. The Morgan fingerprint density at radius 1 is 1.57 bits per heavy atom. The van der Waals surface area contributed by atoms with E-state index in [4.69, 9.17) is 5.73 Å². The largest absolute Gasteiger partial charge is 0.397 e. The van der Waals surface area contributed by atoms with Crippen molar-refractivity contribution in [1.82, 2.24) is 0 Å². The molecule has 0 aliphatic carbocycles. The van der Waals surface area contributed by atoms with Crippen LogP contribution in [0.3, 0.4) is 0 Å². The van der Waals surface area contributed by atoms with E-state index < -0.39 is 0 Å². The van der Waals surface area contributed by atoms with Crippen LogP contribution in [0.15, 0.2) is 17.5 Å². The van der Waals surface area contributed by atoms with Crippen LogP contribution in [0, 0.1) is 0 Å². The molecule has 1 heterocycles. The van der Waals surface area contributed by atoms with Gasteiger partial charge in [0, 0.05) is 5.56 Å². The monoisotopic (exact) mass is 205 g/mol. The smallest absolute Gasteiger partial charge is 0.150 e. The minimum absolute atomic E-state index is 0.718. The molecule has 0 aliphatic rings. The van der Waals surface area contributed by atoms with Gasteiger partial charge in [0.1, 0.15) is 6.29 Å². The van der Waals surface area contributed by atoms with Crippen molar-refractivity contribution in [2.75, 3.05) is 5.73 Å². The second kappa shape index (κ2) is 3.42. The van der Waals surface area contributed by atoms with E-state index in [0.29, 0.717) is 0 Å². The van der Waals surface area contributed by atoms with Gasteiger partial charge in [-0.25, -0.2) is 0 Å². The molecule has 1 aromatic heterocycles. The van der Waals surface area contributed by atoms with E-state index in [1.807, 2.05) is 24.4 Å². The minimum Gasteiger partial charge on any atom is -0.397 e. The quantitative estimate of drug-likeness (QED) is 0.605. The number of fused-ring (bicyclic) bond motifs is 1. The Balaban J connectivity index is 2.85. The molecule has 2 aromatic rings. The third-order valence-corrected chi connectivity index (χ3v) is 3.37. The molecule has 0 bridgehead atoms. The lowest BCUT2D eigenvalue weighted by molar-refractivity contribution is 0.112. The molecule has 0 radical (unpaired) electrons. The molecule has 0 aliphatic heterocycles. The molecular formula is C11H11NOS. The number of nitrogens with two attached hydrogens (primary N) is 1. The average molecular weight is 205 g/mol. The first kappa shape index (κ1) is 9.21. The summed E-state index contributed by atoms with van der Waals surface area (Å²) in [6, 6.07) is 3.90. The number of thiophene rings is 1. The van der Waals surface area contributed by atoms with Crippen molar-refractivity contribution < 1.29 is 4.79 Å². The van der Waals surface area contributed by atoms with Crippen LogP contribution in [0.5, 0.6) is 0 Å². The van der Waals surface area contributed by atoms with Gasteiger partial charge in [0.05, 0.1) is 10.4 Å². The first-order valence-corrected chi connectivity index (χ1v) is 5.39. The maximum Gasteiger partial charge on any atom is 0.150 e. The van der Waals surface area contributed by atoms with E-state index in [-0.39, 0.29) is 0 Å². The highest BCUT2D eigenvalue weighted by molar-refractivity contribution is 7.17. The molecule has 72 valence electrons. The SMILES string of the molecule is CCc1c(C=O)cc2ccsc2c1N. The zero-order chi connectivity index (χ0) is 10.1. The van der Waals surface area contributed by atoms with Gasteiger partial charge in [-0.05, 0) is 34.9 Å². The molecule has 0 fully saturated rings. The normalized spacial score (nSPS) is 10.6. The molecule has 0 amide bonds. The summed E-state index contributed by atoms with van der Waals surface area (Å²) in [6.07, 6.45) is 1.68. The van der Waals surface area contributed by atoms with Gasteiger partial charge < -0.3 is 5.73 Å². The molecule has 1 aromatic carbocycles. The molecular weight excluding hydrogens is 194 g/mol. The number of hydrogen-bond donors (Lipinski definition) is 1. The predicted octanol–water partition coefficient (Wildman–Crippen LogP) is 2.86. The number of anilines is 1. The Morgan fingerprint density at radius 2 is 2.36 bits per heavy atom. The number of carbonyl (C=O) groups excluding carboxylic acids is 1. The molecule has 14 heavy (non-hydrogen) atoms. The van der Waals surface area contributed by atoms with E-state index in [9.17, 15) is 4.79 Å². The third-order valence-electron chi connectivity index (χ3n) is 2.41. The highest BCUT2D eigenvalue weighted by Gasteiger charge is 2.09. The molecule has 0 unspecified atom stereocenters. The van der Waals surface area contributed by atoms with Gasteiger partial charge in [0.25, 0.3) is 0 Å². The van der Waals surface area contributed by atoms with Crippen LogP contribution in [-0.2, 0) is 6.42 Å². The van der Waals surface area contributed by atoms with Crippen molar-refractivity contribution in [1.29, 1.82) is 0 Å². The fourth-order valence-corrected chi connectivity index (χ4v) is 2.56. The van der Waals surface area contributed by atoms with Crippen LogP contribution in [-0.4, -0.2) is 6.29 Å². The maximum absolute atomic E-state index is 10.9. The van der Waals surface area contributed by atoms with Gasteiger partial charge in [0.2, 0.25) is 0 Å². The van der Waals surface area contributed by atoms with Gasteiger partial charge >= 0.3 is 0 Å². The maximum atomic E-state index is 10.9. The number of nitrogen functional groups attached to an aromatic ring is 1. The Morgan fingerprint density at radius 3 is 3.00 bits per heavy atom. The first-order valence-electron chi connectivity index (χ1n) is 4.51. The number of aldehydes is 1. The van der Waals surface area contributed by atoms with Crippen molar-refractivity contribution in [2.24, 2.45) is 0 Å². The van der Waals surface area contributed by atoms with E-state index in [2.05, 4.69) is 0 Å². The number of carbonyl (C=O) groups is 1. The number of rotatable bonds is 2. The zero-order valence-corrected chi connectivity index (χ0v) is 8.73. The average Bonchev–Trinajstić information content (AvgIpc) is 2.65. The van der Waals surface area contributed by atoms with Crippen molar-refractivity contribution in [3.63, 3.8) is 0 Å². The lowest BCUT2D eigenvalue weighted by Crippen LogP contribution is -1.98. The van der Waals surface area contributed by atoms with Crippen LogP contribution in [0.2, 0.25) is 0 Å². The summed E-state index contributed by atoms with van der Waals surface area (Å²) in [5, 5.41) is 3.06. The van der Waals surface area contributed by atoms with Crippen LogP contribution in [0.4, 0.5) is 5.69 Å². The summed E-state index contributed by atoms with van der Waals surface area (Å²) < 4.78 is 1.09. The van der Waals surface area contributed by atoms with Crippen molar-refractivity contribution in [2.45, 2.75) is 13.3 Å². The summed E-state index contributed by atoms with van der Waals surface area (Å²) in [6.45, 7) is 2.01. The predicted molar refractivity (Wildman–Crippen MR) is 61.0 cm³/mol. The minimum atomic E-state index is 0.718. The standard InChI is InChI=1S/C11H11NOS/c1-2-9-8(6-13)5-7-3-4-14-11(7)10(9)12/h3-6H,2,12H2,1H3. The molecule has 2 N–H and O–H groups in total. The van der Waals surface area contributed by atoms with Crippen LogP contribution in [0.1, 0.15) is 22.8 Å². The van der Waals surface area contributed by atoms with Crippen LogP contribution < -0.4 is 5.73 Å². The zero-order valence-electron chi connectivity index (χ0n) is 7.91. The van der Waals surface area contributed by atoms with Gasteiger partial charge in [-0.3, -0.25) is 4.79 Å². The second-order valence-corrected chi connectivity index (χ2v) is 4.08. The van der Waals surface area contributed by atoms with Crippen molar-refractivity contribution in [3.8, 4) is 0 Å². The lowest BCUT2D eigenvalue weighted by atomic mass is 10.0. The third kappa shape index (κ3) is 1.21. The van der Waals surface area contributed by atoms with E-state index >= 15 is 0 Å². The van der Waals surface area contributed by atoms with E-state index in [1.165, 1.54) is 0 Å². The molecule has 3 heteroatoms. The molecule has 0 atom stereocenters. The fraction of sp³-hybridized carbons (Fsp3) is 0.182. The lowest BCUT2D eigenvalue weighted by Gasteiger charge is -2.07. The highest BCUT2D eigenvalue weighted by Crippen LogP contribution is 2.32. The Kier molecular flexibility index (Phi) is 2.25. The van der Waals surface area contributed by atoms with Gasteiger partial charge in [-0.15, -0.1) is 11.3 Å². The van der Waals surface area contributed by atoms with Crippen molar-refractivity contribution in [3.05, 3.63) is 28.6 Å². The van der Waals surface area contributed by atoms with Gasteiger partial charge in [0.15, 0.2) is 0 Å². The summed E-state index contributed by atoms with van der Waals surface area (Å²) in [5.41, 5.74) is 8.45. The fourth-order valence-electron chi connectivity index (χ4n) is 1.70. The summed E-state index contributed by atoms with van der Waals surface area (Å²) in [5.74, 6) is 0. The van der Waals surface area contributed by atoms with Gasteiger partial charge in [-0.2, -0.15) is 0 Å². The molecule has 0 saturated carbocycles. The highest BCUT2D eigenvalue weighted by atomic mass is 32.1. The number of hydrogen-bond acceptors (Lipinski definition) is 3. The Labute approximate surface area is 86.3 Å². The topological polar surface area (TPSA) is 43.1 Å². The Hall–Kier alpha value is -1.35. The van der Waals surface area contributed by atoms with Crippen LogP contribution in [0.25, 0.3) is 10.1 Å². The van der Waals surface area contributed by atoms with E-state index in [1.54, 1.807) is 11.3 Å². The Bertz CT molecular complexity index is 487. The summed E-state index contributed by atoms with van der Waals surface area (Å²) in [4.78, 5) is 10.9. The van der Waals surface area contributed by atoms with Gasteiger partial charge in [-0.1, -0.05) is 6.92 Å². The molecule has 0 saturated heterocycles. The summed E-state index contributed by atoms with van der Waals surface area (Å²) >= 11 is 1.62. The molecule has 2 nitrogen and oxygen atoms in total. The molecule has 0 spiro atoms. The summed E-state index contributed by atoms with van der Waals surface area (Å²) in [7, 11) is 0.